The average molecular weight is 565 g/mol. The van der Waals surface area contributed by atoms with E-state index in [-0.39, 0.29) is 24.3 Å². The number of amides is 2. The zero-order valence-corrected chi connectivity index (χ0v) is 22.6. The maximum atomic E-state index is 12.6. The zero-order valence-electron chi connectivity index (χ0n) is 21.0. The monoisotopic (exact) mass is 564 g/mol. The Morgan fingerprint density at radius 1 is 0.946 bits per heavy atom. The van der Waals surface area contributed by atoms with Crippen molar-refractivity contribution < 1.29 is 23.9 Å². The second-order valence-corrected chi connectivity index (χ2v) is 10.9. The molecule has 1 heterocycles. The molecule has 7 nitrogen and oxygen atoms in total. The van der Waals surface area contributed by atoms with Crippen LogP contribution in [-0.2, 0) is 24.5 Å². The molecule has 2 amide bonds. The molecule has 0 unspecified atom stereocenters. The van der Waals surface area contributed by atoms with Gasteiger partial charge in [0.05, 0.1) is 5.92 Å². The first-order valence-corrected chi connectivity index (χ1v) is 12.8. The van der Waals surface area contributed by atoms with E-state index < -0.39 is 24.4 Å². The molecule has 1 aliphatic rings. The Labute approximate surface area is 224 Å². The molecular weight excluding hydrogens is 536 g/mol. The van der Waals surface area contributed by atoms with Crippen LogP contribution < -0.4 is 15.0 Å². The number of esters is 1. The number of ether oxygens (including phenoxy) is 2. The van der Waals surface area contributed by atoms with Crippen LogP contribution in [-0.4, -0.2) is 30.9 Å². The second-order valence-electron chi connectivity index (χ2n) is 9.94. The van der Waals surface area contributed by atoms with Gasteiger partial charge in [-0.05, 0) is 71.6 Å². The highest BCUT2D eigenvalue weighted by Crippen LogP contribution is 2.30. The van der Waals surface area contributed by atoms with Gasteiger partial charge in [0.2, 0.25) is 5.91 Å². The Kier molecular flexibility index (Phi) is 7.97. The Hall–Kier alpha value is -3.65. The Morgan fingerprint density at radius 2 is 1.54 bits per heavy atom. The van der Waals surface area contributed by atoms with Crippen molar-refractivity contribution in [3.8, 4) is 11.5 Å². The lowest BCUT2D eigenvalue weighted by molar-refractivity contribution is -0.151. The summed E-state index contributed by atoms with van der Waals surface area (Å²) in [6.07, 6.45) is 0.0333. The third-order valence-corrected chi connectivity index (χ3v) is 6.56. The highest BCUT2D eigenvalue weighted by molar-refractivity contribution is 9.10. The summed E-state index contributed by atoms with van der Waals surface area (Å²) in [6, 6.07) is 22.2. The first kappa shape index (κ1) is 26.4. The molecule has 1 aliphatic heterocycles. The van der Waals surface area contributed by atoms with Crippen LogP contribution in [0.15, 0.2) is 77.3 Å². The van der Waals surface area contributed by atoms with Crippen molar-refractivity contribution in [3.05, 3.63) is 82.8 Å². The predicted molar refractivity (Wildman–Crippen MR) is 146 cm³/mol. The molecule has 1 atom stereocenters. The second kappa shape index (κ2) is 11.2. The number of rotatable bonds is 7. The maximum absolute atomic E-state index is 12.6. The molecule has 37 heavy (non-hydrogen) atoms. The van der Waals surface area contributed by atoms with Crippen molar-refractivity contribution in [2.24, 2.45) is 5.92 Å². The third kappa shape index (κ3) is 6.98. The van der Waals surface area contributed by atoms with Crippen LogP contribution in [0, 0.1) is 5.92 Å². The summed E-state index contributed by atoms with van der Waals surface area (Å²) in [4.78, 5) is 38.7. The van der Waals surface area contributed by atoms with E-state index in [1.807, 2.05) is 12.1 Å². The van der Waals surface area contributed by atoms with E-state index in [1.54, 1.807) is 53.4 Å². The molecule has 192 valence electrons. The largest absolute Gasteiger partial charge is 0.457 e. The maximum Gasteiger partial charge on any atom is 0.311 e. The first-order valence-electron chi connectivity index (χ1n) is 12.0. The Morgan fingerprint density at radius 3 is 2.14 bits per heavy atom. The number of nitrogens with zero attached hydrogens (tertiary/aromatic N) is 1. The van der Waals surface area contributed by atoms with Gasteiger partial charge in [-0.25, -0.2) is 0 Å². The number of anilines is 2. The predicted octanol–water partition coefficient (Wildman–Crippen LogP) is 6.07. The van der Waals surface area contributed by atoms with Crippen molar-refractivity contribution in [3.63, 3.8) is 0 Å². The summed E-state index contributed by atoms with van der Waals surface area (Å²) < 4.78 is 12.0. The molecule has 8 heteroatoms. The number of carbonyl (C=O) groups is 3. The quantitative estimate of drug-likeness (QED) is 0.352. The molecule has 1 N–H and O–H groups in total. The number of nitrogens with one attached hydrogen (secondary N) is 1. The fraction of sp³-hybridized carbons (Fsp3) is 0.276. The number of carbonyl (C=O) groups excluding carboxylic acids is 3. The smallest absolute Gasteiger partial charge is 0.311 e. The number of halogens is 1. The van der Waals surface area contributed by atoms with E-state index >= 15 is 0 Å². The molecule has 0 radical (unpaired) electrons. The van der Waals surface area contributed by atoms with Gasteiger partial charge in [0.15, 0.2) is 6.61 Å². The van der Waals surface area contributed by atoms with Crippen LogP contribution in [0.4, 0.5) is 11.4 Å². The number of hydrogen-bond donors (Lipinski definition) is 1. The van der Waals surface area contributed by atoms with Gasteiger partial charge in [0.25, 0.3) is 5.91 Å². The van der Waals surface area contributed by atoms with E-state index in [9.17, 15) is 14.4 Å². The lowest BCUT2D eigenvalue weighted by Gasteiger charge is -2.19. The van der Waals surface area contributed by atoms with Gasteiger partial charge in [-0.2, -0.15) is 0 Å². The number of benzene rings is 3. The summed E-state index contributed by atoms with van der Waals surface area (Å²) in [5.41, 5.74) is 2.56. The van der Waals surface area contributed by atoms with Crippen LogP contribution >= 0.6 is 15.9 Å². The van der Waals surface area contributed by atoms with E-state index in [0.29, 0.717) is 17.1 Å². The molecule has 1 fully saturated rings. The van der Waals surface area contributed by atoms with Gasteiger partial charge < -0.3 is 19.7 Å². The summed E-state index contributed by atoms with van der Waals surface area (Å²) in [5, 5.41) is 2.66. The minimum absolute atomic E-state index is 0.0333. The fourth-order valence-electron chi connectivity index (χ4n) is 3.95. The Balaban J connectivity index is 1.29. The van der Waals surface area contributed by atoms with Crippen LogP contribution in [0.25, 0.3) is 0 Å². The van der Waals surface area contributed by atoms with Crippen molar-refractivity contribution >= 4 is 45.1 Å². The topological polar surface area (TPSA) is 84.9 Å². The standard InChI is InChI=1S/C29H29BrN2O5/c1-29(2,3)20-4-12-24(13-5-20)37-25-14-10-23(11-15-25)32-17-19(16-27(32)34)28(35)36-18-26(33)31-22-8-6-21(30)7-9-22/h4-15,19H,16-18H2,1-3H3,(H,31,33)/t19-/m1/s1. The number of hydrogen-bond acceptors (Lipinski definition) is 5. The molecule has 0 aromatic heterocycles. The average Bonchev–Trinajstić information content (AvgIpc) is 3.26. The van der Waals surface area contributed by atoms with Gasteiger partial charge >= 0.3 is 5.97 Å². The van der Waals surface area contributed by atoms with Crippen molar-refractivity contribution in [1.82, 2.24) is 0 Å². The summed E-state index contributed by atoms with van der Waals surface area (Å²) >= 11 is 3.33. The summed E-state index contributed by atoms with van der Waals surface area (Å²) in [7, 11) is 0. The lowest BCUT2D eigenvalue weighted by atomic mass is 9.87. The van der Waals surface area contributed by atoms with E-state index in [1.165, 1.54) is 5.56 Å². The van der Waals surface area contributed by atoms with Crippen molar-refractivity contribution in [2.75, 3.05) is 23.4 Å². The minimum atomic E-state index is -0.634. The Bertz CT molecular complexity index is 1270. The third-order valence-electron chi connectivity index (χ3n) is 6.04. The normalized spacial score (nSPS) is 15.4. The molecule has 3 aromatic rings. The van der Waals surface area contributed by atoms with Crippen LogP contribution in [0.3, 0.4) is 0 Å². The highest BCUT2D eigenvalue weighted by Gasteiger charge is 2.36. The minimum Gasteiger partial charge on any atom is -0.457 e. The first-order chi connectivity index (χ1) is 17.6. The van der Waals surface area contributed by atoms with Gasteiger partial charge in [-0.3, -0.25) is 14.4 Å². The molecule has 1 saturated heterocycles. The van der Waals surface area contributed by atoms with Crippen LogP contribution in [0.1, 0.15) is 32.8 Å². The summed E-state index contributed by atoms with van der Waals surface area (Å²) in [6.45, 7) is 6.26. The van der Waals surface area contributed by atoms with Crippen LogP contribution in [0.2, 0.25) is 0 Å². The molecule has 0 bridgehead atoms. The van der Waals surface area contributed by atoms with Crippen molar-refractivity contribution in [1.29, 1.82) is 0 Å². The van der Waals surface area contributed by atoms with E-state index in [2.05, 4.69) is 54.2 Å². The van der Waals surface area contributed by atoms with Gasteiger partial charge in [-0.1, -0.05) is 48.8 Å². The fourth-order valence-corrected chi connectivity index (χ4v) is 4.22. The lowest BCUT2D eigenvalue weighted by Crippen LogP contribution is -2.28. The summed E-state index contributed by atoms with van der Waals surface area (Å²) in [5.74, 6) is -0.449. The molecule has 3 aromatic carbocycles. The van der Waals surface area contributed by atoms with Gasteiger partial charge in [0.1, 0.15) is 11.5 Å². The molecular formula is C29H29BrN2O5. The molecule has 0 spiro atoms. The van der Waals surface area contributed by atoms with Crippen LogP contribution in [0.5, 0.6) is 11.5 Å². The zero-order chi connectivity index (χ0) is 26.6. The van der Waals surface area contributed by atoms with Crippen molar-refractivity contribution in [2.45, 2.75) is 32.6 Å². The molecule has 0 saturated carbocycles. The van der Waals surface area contributed by atoms with Gasteiger partial charge in [-0.15, -0.1) is 0 Å². The molecule has 0 aliphatic carbocycles. The SMILES string of the molecule is CC(C)(C)c1ccc(Oc2ccc(N3C[C@H](C(=O)OCC(=O)Nc4ccc(Br)cc4)CC3=O)cc2)cc1. The highest BCUT2D eigenvalue weighted by atomic mass is 79.9. The van der Waals surface area contributed by atoms with E-state index in [0.717, 1.165) is 10.2 Å². The molecule has 4 rings (SSSR count). The van der Waals surface area contributed by atoms with Gasteiger partial charge in [0, 0.05) is 28.8 Å². The van der Waals surface area contributed by atoms with E-state index in [4.69, 9.17) is 9.47 Å².